The summed E-state index contributed by atoms with van der Waals surface area (Å²) in [7, 11) is 1.31. The number of hydrogen-bond donors (Lipinski definition) is 1. The van der Waals surface area contributed by atoms with Gasteiger partial charge in [0.05, 0.1) is 12.1 Å². The van der Waals surface area contributed by atoms with E-state index in [1.807, 2.05) is 13.8 Å². The van der Waals surface area contributed by atoms with Crippen molar-refractivity contribution >= 4 is 29.2 Å². The van der Waals surface area contributed by atoms with E-state index in [2.05, 4.69) is 10.1 Å². The van der Waals surface area contributed by atoms with Crippen LogP contribution in [0.2, 0.25) is 10.0 Å². The summed E-state index contributed by atoms with van der Waals surface area (Å²) in [6, 6.07) is 3.65. The normalized spacial score (nSPS) is 12.3. The molecule has 20 heavy (non-hydrogen) atoms. The molecule has 0 spiro atoms. The molecule has 0 amide bonds. The van der Waals surface area contributed by atoms with E-state index in [1.165, 1.54) is 7.11 Å². The number of carbonyl (C=O) groups is 1. The standard InChI is InChI=1S/C14H19Cl2NO3/c1-8(2)17-7-10-5-11(15)6-12(16)13(10)20-9(3)14(18)19-4/h5-6,8-9,17H,7H2,1-4H3. The van der Waals surface area contributed by atoms with E-state index in [-0.39, 0.29) is 0 Å². The SMILES string of the molecule is COC(=O)C(C)Oc1c(Cl)cc(Cl)cc1CNC(C)C. The number of methoxy groups -OCH3 is 1. The number of carbonyl (C=O) groups excluding carboxylic acids is 1. The van der Waals surface area contributed by atoms with E-state index in [1.54, 1.807) is 19.1 Å². The van der Waals surface area contributed by atoms with Crippen molar-refractivity contribution in [3.8, 4) is 5.75 Å². The highest BCUT2D eigenvalue weighted by molar-refractivity contribution is 6.35. The van der Waals surface area contributed by atoms with Crippen molar-refractivity contribution in [2.24, 2.45) is 0 Å². The smallest absolute Gasteiger partial charge is 0.346 e. The van der Waals surface area contributed by atoms with E-state index < -0.39 is 12.1 Å². The molecule has 1 atom stereocenters. The Morgan fingerprint density at radius 1 is 1.30 bits per heavy atom. The van der Waals surface area contributed by atoms with Gasteiger partial charge in [-0.15, -0.1) is 0 Å². The molecule has 1 unspecified atom stereocenters. The lowest BCUT2D eigenvalue weighted by Gasteiger charge is -2.18. The van der Waals surface area contributed by atoms with Gasteiger partial charge < -0.3 is 14.8 Å². The van der Waals surface area contributed by atoms with Crippen LogP contribution in [0.25, 0.3) is 0 Å². The lowest BCUT2D eigenvalue weighted by molar-refractivity contribution is -0.147. The highest BCUT2D eigenvalue weighted by atomic mass is 35.5. The van der Waals surface area contributed by atoms with Gasteiger partial charge in [0.15, 0.2) is 6.10 Å². The second-order valence-corrected chi connectivity index (χ2v) is 5.54. The molecule has 0 saturated heterocycles. The summed E-state index contributed by atoms with van der Waals surface area (Å²) in [5.74, 6) is -0.0131. The van der Waals surface area contributed by atoms with Gasteiger partial charge in [-0.3, -0.25) is 0 Å². The Labute approximate surface area is 129 Å². The van der Waals surface area contributed by atoms with Crippen LogP contribution in [-0.2, 0) is 16.1 Å². The molecule has 4 nitrogen and oxygen atoms in total. The van der Waals surface area contributed by atoms with Crippen molar-refractivity contribution in [1.82, 2.24) is 5.32 Å². The maximum absolute atomic E-state index is 11.4. The fourth-order valence-electron chi connectivity index (χ4n) is 1.58. The van der Waals surface area contributed by atoms with Gasteiger partial charge in [-0.1, -0.05) is 37.0 Å². The van der Waals surface area contributed by atoms with Gasteiger partial charge in [0, 0.05) is 23.2 Å². The summed E-state index contributed by atoms with van der Waals surface area (Å²) in [6.07, 6.45) is -0.739. The molecule has 1 aromatic rings. The van der Waals surface area contributed by atoms with E-state index in [4.69, 9.17) is 27.9 Å². The number of benzene rings is 1. The van der Waals surface area contributed by atoms with Crippen LogP contribution in [0.4, 0.5) is 0 Å². The molecular formula is C14H19Cl2NO3. The first kappa shape index (κ1) is 17.1. The molecular weight excluding hydrogens is 301 g/mol. The molecule has 0 aliphatic carbocycles. The Morgan fingerprint density at radius 2 is 1.95 bits per heavy atom. The van der Waals surface area contributed by atoms with Gasteiger partial charge in [0.2, 0.25) is 0 Å². The summed E-state index contributed by atoms with van der Waals surface area (Å²) in [5, 5.41) is 4.15. The number of esters is 1. The first-order valence-corrected chi connectivity index (χ1v) is 7.06. The first-order chi connectivity index (χ1) is 9.35. The van der Waals surface area contributed by atoms with E-state index in [9.17, 15) is 4.79 Å². The first-order valence-electron chi connectivity index (χ1n) is 6.31. The average molecular weight is 320 g/mol. The van der Waals surface area contributed by atoms with Crippen LogP contribution in [0.5, 0.6) is 5.75 Å². The molecule has 1 N–H and O–H groups in total. The molecule has 0 aromatic heterocycles. The predicted octanol–water partition coefficient (Wildman–Crippen LogP) is 3.43. The predicted molar refractivity (Wildman–Crippen MR) is 80.5 cm³/mol. The van der Waals surface area contributed by atoms with Gasteiger partial charge in [0.25, 0.3) is 0 Å². The van der Waals surface area contributed by atoms with Crippen molar-refractivity contribution in [2.75, 3.05) is 7.11 Å². The lowest BCUT2D eigenvalue weighted by atomic mass is 10.2. The van der Waals surface area contributed by atoms with Crippen LogP contribution in [0, 0.1) is 0 Å². The fourth-order valence-corrected chi connectivity index (χ4v) is 2.16. The molecule has 0 saturated carbocycles. The van der Waals surface area contributed by atoms with Crippen molar-refractivity contribution < 1.29 is 14.3 Å². The summed E-state index contributed by atoms with van der Waals surface area (Å²) in [4.78, 5) is 11.4. The Bertz CT molecular complexity index is 478. The van der Waals surface area contributed by atoms with Gasteiger partial charge in [0.1, 0.15) is 5.75 Å². The molecule has 112 valence electrons. The molecule has 0 aliphatic rings. The summed E-state index contributed by atoms with van der Waals surface area (Å²) in [6.45, 7) is 6.21. The molecule has 0 radical (unpaired) electrons. The molecule has 0 bridgehead atoms. The van der Waals surface area contributed by atoms with Crippen molar-refractivity contribution in [3.63, 3.8) is 0 Å². The van der Waals surface area contributed by atoms with Gasteiger partial charge >= 0.3 is 5.97 Å². The highest BCUT2D eigenvalue weighted by Gasteiger charge is 2.19. The van der Waals surface area contributed by atoms with E-state index in [0.717, 1.165) is 5.56 Å². The quantitative estimate of drug-likeness (QED) is 0.816. The van der Waals surface area contributed by atoms with Crippen LogP contribution in [0.1, 0.15) is 26.3 Å². The fraction of sp³-hybridized carbons (Fsp3) is 0.500. The highest BCUT2D eigenvalue weighted by Crippen LogP contribution is 2.33. The van der Waals surface area contributed by atoms with Crippen LogP contribution >= 0.6 is 23.2 Å². The van der Waals surface area contributed by atoms with Crippen molar-refractivity contribution in [1.29, 1.82) is 0 Å². The Kier molecular flexibility index (Phi) is 6.59. The van der Waals surface area contributed by atoms with E-state index >= 15 is 0 Å². The maximum Gasteiger partial charge on any atom is 0.346 e. The number of nitrogens with one attached hydrogen (secondary N) is 1. The average Bonchev–Trinajstić information content (AvgIpc) is 2.38. The van der Waals surface area contributed by atoms with Gasteiger partial charge in [-0.25, -0.2) is 4.79 Å². The second-order valence-electron chi connectivity index (χ2n) is 4.69. The number of halogens is 2. The van der Waals surface area contributed by atoms with Gasteiger partial charge in [-0.2, -0.15) is 0 Å². The van der Waals surface area contributed by atoms with Crippen LogP contribution < -0.4 is 10.1 Å². The topological polar surface area (TPSA) is 47.6 Å². The van der Waals surface area contributed by atoms with Crippen molar-refractivity contribution in [3.05, 3.63) is 27.7 Å². The monoisotopic (exact) mass is 319 g/mol. The lowest BCUT2D eigenvalue weighted by Crippen LogP contribution is -2.27. The molecule has 6 heteroatoms. The summed E-state index contributed by atoms with van der Waals surface area (Å²) in [5.41, 5.74) is 0.798. The minimum Gasteiger partial charge on any atom is -0.477 e. The van der Waals surface area contributed by atoms with Crippen molar-refractivity contribution in [2.45, 2.75) is 39.5 Å². The largest absolute Gasteiger partial charge is 0.477 e. The van der Waals surface area contributed by atoms with Crippen LogP contribution in [-0.4, -0.2) is 25.2 Å². The second kappa shape index (κ2) is 7.72. The minimum atomic E-state index is -0.739. The van der Waals surface area contributed by atoms with Crippen LogP contribution in [0.15, 0.2) is 12.1 Å². The summed E-state index contributed by atoms with van der Waals surface area (Å²) >= 11 is 12.2. The maximum atomic E-state index is 11.4. The molecule has 1 rings (SSSR count). The number of ether oxygens (including phenoxy) is 2. The molecule has 0 aliphatic heterocycles. The van der Waals surface area contributed by atoms with Gasteiger partial charge in [-0.05, 0) is 19.1 Å². The van der Waals surface area contributed by atoms with E-state index in [0.29, 0.717) is 28.4 Å². The molecule has 1 aromatic carbocycles. The Hall–Kier alpha value is -0.970. The third kappa shape index (κ3) is 4.85. The zero-order chi connectivity index (χ0) is 15.3. The van der Waals surface area contributed by atoms with Crippen LogP contribution in [0.3, 0.4) is 0 Å². The molecule has 0 heterocycles. The third-order valence-electron chi connectivity index (χ3n) is 2.61. The Morgan fingerprint density at radius 3 is 2.50 bits per heavy atom. The third-order valence-corrected chi connectivity index (χ3v) is 3.11. The summed E-state index contributed by atoms with van der Waals surface area (Å²) < 4.78 is 10.2. The zero-order valence-corrected chi connectivity index (χ0v) is 13.5. The zero-order valence-electron chi connectivity index (χ0n) is 12.0. The minimum absolute atomic E-state index is 0.304. The number of hydrogen-bond acceptors (Lipinski definition) is 4. The Balaban J connectivity index is 3.00. The molecule has 0 fully saturated rings. The number of rotatable bonds is 6.